The first-order valence-electron chi connectivity index (χ1n) is 13.0. The van der Waals surface area contributed by atoms with Gasteiger partial charge in [0.1, 0.15) is 17.2 Å². The van der Waals surface area contributed by atoms with Crippen LogP contribution in [0.5, 0.6) is 17.2 Å². The SMILES string of the molecule is COCOc1c2cc(Br)cc1COCc1cc(Br)cc(c1OCOC)COCc1cc(Br)cc(c1OCOC)COC2. The van der Waals surface area contributed by atoms with Crippen molar-refractivity contribution in [1.29, 1.82) is 0 Å². The van der Waals surface area contributed by atoms with E-state index in [1.54, 1.807) is 21.3 Å². The van der Waals surface area contributed by atoms with Gasteiger partial charge in [0.05, 0.1) is 39.6 Å². The smallest absolute Gasteiger partial charge is 0.188 e. The summed E-state index contributed by atoms with van der Waals surface area (Å²) in [4.78, 5) is 0. The summed E-state index contributed by atoms with van der Waals surface area (Å²) in [5.74, 6) is 1.93. The van der Waals surface area contributed by atoms with Crippen molar-refractivity contribution >= 4 is 47.8 Å². The molecule has 0 radical (unpaired) electrons. The lowest BCUT2D eigenvalue weighted by Gasteiger charge is -2.20. The highest BCUT2D eigenvalue weighted by Gasteiger charge is 2.19. The van der Waals surface area contributed by atoms with Gasteiger partial charge in [-0.05, 0) is 36.4 Å². The Morgan fingerprint density at radius 2 is 0.667 bits per heavy atom. The molecule has 3 aromatic rings. The predicted octanol–water partition coefficient (Wildman–Crippen LogP) is 7.39. The Balaban J connectivity index is 1.78. The molecule has 12 heteroatoms. The average Bonchev–Trinajstić information content (AvgIpc) is 2.95. The van der Waals surface area contributed by atoms with Crippen molar-refractivity contribution in [3.8, 4) is 17.2 Å². The Kier molecular flexibility index (Phi) is 13.4. The standard InChI is InChI=1S/C30H33Br3O9/c1-34-16-40-28-19-4-25(31)5-20(28)11-38-13-22-7-27(33)9-24(30(22)42-18-36-3)15-39-14-23-8-26(32)6-21(12-37-10-19)29(23)41-17-35-2/h4-9H,10-18H2,1-3H3. The second-order valence-corrected chi connectivity index (χ2v) is 12.0. The molecular formula is C30H33Br3O9. The maximum Gasteiger partial charge on any atom is 0.188 e. The summed E-state index contributed by atoms with van der Waals surface area (Å²) in [6, 6.07) is 11.8. The van der Waals surface area contributed by atoms with Crippen LogP contribution in [0.25, 0.3) is 0 Å². The molecule has 1 heterocycles. The molecule has 0 fully saturated rings. The number of rotatable bonds is 9. The molecule has 0 amide bonds. The topological polar surface area (TPSA) is 83.1 Å². The van der Waals surface area contributed by atoms with Crippen LogP contribution in [0, 0.1) is 0 Å². The lowest BCUT2D eigenvalue weighted by molar-refractivity contribution is 0.0364. The van der Waals surface area contributed by atoms with Crippen molar-refractivity contribution in [3.63, 3.8) is 0 Å². The van der Waals surface area contributed by atoms with Crippen LogP contribution in [0.3, 0.4) is 0 Å². The summed E-state index contributed by atoms with van der Waals surface area (Å²) in [5, 5.41) is 0. The van der Waals surface area contributed by atoms with Gasteiger partial charge in [0, 0.05) is 68.1 Å². The fourth-order valence-corrected chi connectivity index (χ4v) is 6.16. The molecule has 42 heavy (non-hydrogen) atoms. The average molecular weight is 777 g/mol. The van der Waals surface area contributed by atoms with Crippen LogP contribution in [-0.4, -0.2) is 41.7 Å². The van der Waals surface area contributed by atoms with Gasteiger partial charge in [0.2, 0.25) is 0 Å². The number of benzene rings is 3. The Morgan fingerprint density at radius 3 is 0.857 bits per heavy atom. The van der Waals surface area contributed by atoms with E-state index >= 15 is 0 Å². The molecule has 0 saturated carbocycles. The minimum Gasteiger partial charge on any atom is -0.467 e. The number of halogens is 3. The molecule has 9 nitrogen and oxygen atoms in total. The van der Waals surface area contributed by atoms with Crippen molar-refractivity contribution in [3.05, 3.63) is 83.2 Å². The number of methoxy groups -OCH3 is 3. The molecule has 228 valence electrons. The molecule has 0 aliphatic carbocycles. The van der Waals surface area contributed by atoms with E-state index in [1.165, 1.54) is 0 Å². The highest BCUT2D eigenvalue weighted by Crippen LogP contribution is 2.35. The zero-order valence-electron chi connectivity index (χ0n) is 23.6. The predicted molar refractivity (Wildman–Crippen MR) is 165 cm³/mol. The van der Waals surface area contributed by atoms with Crippen molar-refractivity contribution in [2.75, 3.05) is 41.7 Å². The highest BCUT2D eigenvalue weighted by molar-refractivity contribution is 9.11. The highest BCUT2D eigenvalue weighted by atomic mass is 79.9. The van der Waals surface area contributed by atoms with Gasteiger partial charge in [0.15, 0.2) is 20.4 Å². The molecule has 3 aromatic carbocycles. The zero-order chi connectivity index (χ0) is 29.9. The third-order valence-electron chi connectivity index (χ3n) is 6.13. The quantitative estimate of drug-likeness (QED) is 0.207. The van der Waals surface area contributed by atoms with Gasteiger partial charge in [-0.1, -0.05) is 47.8 Å². The first kappa shape index (κ1) is 33.2. The van der Waals surface area contributed by atoms with Crippen molar-refractivity contribution < 1.29 is 42.6 Å². The van der Waals surface area contributed by atoms with Gasteiger partial charge in [-0.2, -0.15) is 0 Å². The monoisotopic (exact) mass is 774 g/mol. The number of hydrogen-bond donors (Lipinski definition) is 0. The van der Waals surface area contributed by atoms with E-state index < -0.39 is 0 Å². The summed E-state index contributed by atoms with van der Waals surface area (Å²) >= 11 is 10.9. The molecule has 1 aliphatic rings. The zero-order valence-corrected chi connectivity index (χ0v) is 28.4. The molecule has 0 N–H and O–H groups in total. The van der Waals surface area contributed by atoms with Gasteiger partial charge in [-0.25, -0.2) is 0 Å². The van der Waals surface area contributed by atoms with E-state index in [4.69, 9.17) is 42.6 Å². The number of hydrogen-bond acceptors (Lipinski definition) is 9. The van der Waals surface area contributed by atoms with Crippen molar-refractivity contribution in [1.82, 2.24) is 0 Å². The van der Waals surface area contributed by atoms with E-state index in [0.29, 0.717) is 17.2 Å². The number of fused-ring (bicyclic) bond motifs is 6. The third-order valence-corrected chi connectivity index (χ3v) is 7.50. The van der Waals surface area contributed by atoms with Gasteiger partial charge in [0.25, 0.3) is 0 Å². The molecule has 0 spiro atoms. The van der Waals surface area contributed by atoms with E-state index in [2.05, 4.69) is 47.8 Å². The Bertz CT molecular complexity index is 1100. The van der Waals surface area contributed by atoms with E-state index in [-0.39, 0.29) is 60.0 Å². The van der Waals surface area contributed by atoms with Crippen LogP contribution in [0.4, 0.5) is 0 Å². The fourth-order valence-electron chi connectivity index (χ4n) is 4.50. The maximum atomic E-state index is 6.21. The van der Waals surface area contributed by atoms with Crippen molar-refractivity contribution in [2.24, 2.45) is 0 Å². The molecule has 0 aromatic heterocycles. The van der Waals surface area contributed by atoms with Gasteiger partial charge in [-0.3, -0.25) is 0 Å². The van der Waals surface area contributed by atoms with Gasteiger partial charge < -0.3 is 42.6 Å². The fraction of sp³-hybridized carbons (Fsp3) is 0.400. The number of ether oxygens (including phenoxy) is 9. The second-order valence-electron chi connectivity index (χ2n) is 9.29. The van der Waals surface area contributed by atoms with Crippen LogP contribution in [-0.2, 0) is 68.1 Å². The first-order valence-corrected chi connectivity index (χ1v) is 15.3. The van der Waals surface area contributed by atoms with Crippen LogP contribution in [0.1, 0.15) is 33.4 Å². The maximum absolute atomic E-state index is 6.21. The molecule has 6 bridgehead atoms. The van der Waals surface area contributed by atoms with Gasteiger partial charge in [-0.15, -0.1) is 0 Å². The van der Waals surface area contributed by atoms with Crippen LogP contribution in [0.2, 0.25) is 0 Å². The Hall–Kier alpha value is -1.74. The van der Waals surface area contributed by atoms with Crippen LogP contribution in [0.15, 0.2) is 49.8 Å². The molecule has 0 unspecified atom stereocenters. The van der Waals surface area contributed by atoms with Crippen LogP contribution < -0.4 is 14.2 Å². The molecule has 1 aliphatic heterocycles. The molecular weight excluding hydrogens is 744 g/mol. The van der Waals surface area contributed by atoms with Crippen LogP contribution >= 0.6 is 47.8 Å². The van der Waals surface area contributed by atoms with E-state index in [0.717, 1.165) is 46.8 Å². The van der Waals surface area contributed by atoms with Crippen molar-refractivity contribution in [2.45, 2.75) is 39.6 Å². The second kappa shape index (κ2) is 16.9. The summed E-state index contributed by atoms with van der Waals surface area (Å²) in [6.07, 6.45) is 0. The Labute approximate surface area is 271 Å². The summed E-state index contributed by atoms with van der Waals surface area (Å²) in [5.41, 5.74) is 5.04. The van der Waals surface area contributed by atoms with E-state index in [1.807, 2.05) is 36.4 Å². The summed E-state index contributed by atoms with van der Waals surface area (Å²) in [6.45, 7) is 1.89. The minimum atomic E-state index is 0.0790. The Morgan fingerprint density at radius 1 is 0.452 bits per heavy atom. The van der Waals surface area contributed by atoms with E-state index in [9.17, 15) is 0 Å². The molecule has 0 atom stereocenters. The third kappa shape index (κ3) is 9.13. The largest absolute Gasteiger partial charge is 0.467 e. The lowest BCUT2D eigenvalue weighted by Crippen LogP contribution is -2.10. The molecule has 0 saturated heterocycles. The first-order chi connectivity index (χ1) is 20.4. The summed E-state index contributed by atoms with van der Waals surface area (Å²) < 4.78 is 55.0. The van der Waals surface area contributed by atoms with Gasteiger partial charge >= 0.3 is 0 Å². The summed E-state index contributed by atoms with van der Waals surface area (Å²) in [7, 11) is 4.74. The molecule has 4 rings (SSSR count). The lowest BCUT2D eigenvalue weighted by atomic mass is 10.1. The normalized spacial score (nSPS) is 14.1. The minimum absolute atomic E-state index is 0.0790.